The molecule has 0 aliphatic heterocycles. The number of nitrogens with one attached hydrogen (secondary N) is 1. The first-order valence-electron chi connectivity index (χ1n) is 7.64. The van der Waals surface area contributed by atoms with E-state index in [9.17, 15) is 0 Å². The fraction of sp³-hybridized carbons (Fsp3) is 0.562. The minimum absolute atomic E-state index is 0.359. The molecule has 116 valence electrons. The second-order valence-corrected chi connectivity index (χ2v) is 7.13. The molecule has 0 aromatic carbocycles. The van der Waals surface area contributed by atoms with Crippen LogP contribution in [0.25, 0.3) is 0 Å². The van der Waals surface area contributed by atoms with E-state index in [0.29, 0.717) is 6.04 Å². The Morgan fingerprint density at radius 2 is 2.10 bits per heavy atom. The molecule has 0 saturated heterocycles. The highest BCUT2D eigenvalue weighted by molar-refractivity contribution is 9.10. The van der Waals surface area contributed by atoms with Gasteiger partial charge in [-0.2, -0.15) is 5.10 Å². The molecule has 0 fully saturated rings. The van der Waals surface area contributed by atoms with Crippen LogP contribution < -0.4 is 5.32 Å². The van der Waals surface area contributed by atoms with E-state index in [1.807, 2.05) is 11.3 Å². The Balaban J connectivity index is 2.27. The van der Waals surface area contributed by atoms with E-state index in [1.165, 1.54) is 15.4 Å². The molecule has 2 aromatic rings. The summed E-state index contributed by atoms with van der Waals surface area (Å²) in [6.07, 6.45) is 2.08. The van der Waals surface area contributed by atoms with Gasteiger partial charge < -0.3 is 5.32 Å². The number of likely N-dealkylation sites (N-methyl/N-ethyl adjacent to an activating group) is 1. The molecular formula is C16H24BrN3S. The van der Waals surface area contributed by atoms with Crippen molar-refractivity contribution in [3.8, 4) is 0 Å². The van der Waals surface area contributed by atoms with Crippen molar-refractivity contribution >= 4 is 27.3 Å². The summed E-state index contributed by atoms with van der Waals surface area (Å²) in [5, 5.41) is 8.22. The number of aryl methyl sites for hydroxylation is 3. The monoisotopic (exact) mass is 369 g/mol. The van der Waals surface area contributed by atoms with Crippen molar-refractivity contribution in [1.29, 1.82) is 0 Å². The summed E-state index contributed by atoms with van der Waals surface area (Å²) >= 11 is 5.62. The van der Waals surface area contributed by atoms with Crippen LogP contribution >= 0.6 is 27.3 Å². The number of hydrogen-bond acceptors (Lipinski definition) is 3. The number of thiophene rings is 1. The van der Waals surface area contributed by atoms with Gasteiger partial charge in [-0.3, -0.25) is 4.68 Å². The van der Waals surface area contributed by atoms with Gasteiger partial charge in [-0.15, -0.1) is 11.3 Å². The molecule has 2 rings (SSSR count). The van der Waals surface area contributed by atoms with Gasteiger partial charge in [-0.25, -0.2) is 0 Å². The summed E-state index contributed by atoms with van der Waals surface area (Å²) in [5.74, 6) is 0. The first-order valence-corrected chi connectivity index (χ1v) is 9.25. The molecule has 0 radical (unpaired) electrons. The molecule has 3 nitrogen and oxygen atoms in total. The Labute approximate surface area is 139 Å². The molecule has 0 amide bonds. The maximum atomic E-state index is 4.60. The first-order chi connectivity index (χ1) is 10.1. The predicted octanol–water partition coefficient (Wildman–Crippen LogP) is 4.49. The molecule has 0 spiro atoms. The summed E-state index contributed by atoms with van der Waals surface area (Å²) in [7, 11) is 0. The lowest BCUT2D eigenvalue weighted by Crippen LogP contribution is -2.23. The quantitative estimate of drug-likeness (QED) is 0.778. The molecule has 0 aliphatic carbocycles. The van der Waals surface area contributed by atoms with Crippen LogP contribution in [0.4, 0.5) is 0 Å². The van der Waals surface area contributed by atoms with E-state index in [2.05, 4.69) is 70.9 Å². The third-order valence-electron chi connectivity index (χ3n) is 3.68. The number of nitrogens with zero attached hydrogens (tertiary/aromatic N) is 2. The van der Waals surface area contributed by atoms with Crippen LogP contribution in [0.5, 0.6) is 0 Å². The number of hydrogen-bond donors (Lipinski definition) is 1. The summed E-state index contributed by atoms with van der Waals surface area (Å²) in [5.41, 5.74) is 2.36. The van der Waals surface area contributed by atoms with Gasteiger partial charge >= 0.3 is 0 Å². The Bertz CT molecular complexity index is 588. The summed E-state index contributed by atoms with van der Waals surface area (Å²) in [4.78, 5) is 2.87. The zero-order valence-electron chi connectivity index (χ0n) is 13.2. The fourth-order valence-electron chi connectivity index (χ4n) is 2.55. The summed E-state index contributed by atoms with van der Waals surface area (Å²) < 4.78 is 3.26. The highest BCUT2D eigenvalue weighted by Gasteiger charge is 2.19. The van der Waals surface area contributed by atoms with Crippen molar-refractivity contribution in [1.82, 2.24) is 15.1 Å². The van der Waals surface area contributed by atoms with E-state index in [0.717, 1.165) is 36.1 Å². The lowest BCUT2D eigenvalue weighted by atomic mass is 10.1. The Kier molecular flexibility index (Phi) is 6.02. The molecule has 5 heteroatoms. The van der Waals surface area contributed by atoms with Gasteiger partial charge in [0.1, 0.15) is 0 Å². The average molecular weight is 370 g/mol. The molecule has 2 aromatic heterocycles. The minimum Gasteiger partial charge on any atom is -0.309 e. The molecule has 0 aliphatic rings. The number of rotatable bonds is 7. The molecule has 21 heavy (non-hydrogen) atoms. The van der Waals surface area contributed by atoms with Gasteiger partial charge in [0.05, 0.1) is 15.9 Å². The zero-order valence-corrected chi connectivity index (χ0v) is 15.6. The normalized spacial score (nSPS) is 12.8. The van der Waals surface area contributed by atoms with Crippen LogP contribution in [-0.2, 0) is 19.4 Å². The van der Waals surface area contributed by atoms with Crippen LogP contribution in [0.1, 0.15) is 48.0 Å². The van der Waals surface area contributed by atoms with Crippen LogP contribution in [-0.4, -0.2) is 16.3 Å². The molecule has 0 saturated carbocycles. The van der Waals surface area contributed by atoms with E-state index < -0.39 is 0 Å². The number of halogens is 1. The van der Waals surface area contributed by atoms with Gasteiger partial charge in [0, 0.05) is 28.8 Å². The Hall–Kier alpha value is -0.650. The third kappa shape index (κ3) is 3.76. The SMILES string of the molecule is CCNC(Cc1c(Br)c(C)nn1CC)c1ccc(CC)s1. The molecule has 1 unspecified atom stereocenters. The minimum atomic E-state index is 0.359. The predicted molar refractivity (Wildman–Crippen MR) is 94.2 cm³/mol. The summed E-state index contributed by atoms with van der Waals surface area (Å²) in [6.45, 7) is 10.5. The van der Waals surface area contributed by atoms with Crippen LogP contribution in [0.2, 0.25) is 0 Å². The molecule has 0 bridgehead atoms. The lowest BCUT2D eigenvalue weighted by Gasteiger charge is -2.17. The van der Waals surface area contributed by atoms with E-state index in [-0.39, 0.29) is 0 Å². The Morgan fingerprint density at radius 1 is 1.33 bits per heavy atom. The van der Waals surface area contributed by atoms with Crippen LogP contribution in [0, 0.1) is 6.92 Å². The second-order valence-electron chi connectivity index (χ2n) is 5.13. The Morgan fingerprint density at radius 3 is 2.67 bits per heavy atom. The first kappa shape index (κ1) is 16.7. The molecular weight excluding hydrogens is 346 g/mol. The standard InChI is InChI=1S/C16H24BrN3S/c1-5-12-8-9-15(21-12)13(18-6-2)10-14-16(17)11(4)19-20(14)7-3/h8-9,13,18H,5-7,10H2,1-4H3. The van der Waals surface area contributed by atoms with Gasteiger partial charge in [-0.05, 0) is 54.9 Å². The van der Waals surface area contributed by atoms with Gasteiger partial charge in [0.15, 0.2) is 0 Å². The van der Waals surface area contributed by atoms with Gasteiger partial charge in [-0.1, -0.05) is 13.8 Å². The van der Waals surface area contributed by atoms with E-state index in [4.69, 9.17) is 0 Å². The average Bonchev–Trinajstić information content (AvgIpc) is 3.06. The summed E-state index contributed by atoms with van der Waals surface area (Å²) in [6, 6.07) is 4.88. The zero-order chi connectivity index (χ0) is 15.4. The van der Waals surface area contributed by atoms with Crippen molar-refractivity contribution in [3.63, 3.8) is 0 Å². The maximum Gasteiger partial charge on any atom is 0.0738 e. The third-order valence-corrected chi connectivity index (χ3v) is 6.05. The number of aromatic nitrogens is 2. The topological polar surface area (TPSA) is 29.9 Å². The highest BCUT2D eigenvalue weighted by atomic mass is 79.9. The van der Waals surface area contributed by atoms with Crippen molar-refractivity contribution in [2.45, 2.75) is 53.1 Å². The van der Waals surface area contributed by atoms with Gasteiger partial charge in [0.2, 0.25) is 0 Å². The molecule has 2 heterocycles. The highest BCUT2D eigenvalue weighted by Crippen LogP contribution is 2.30. The smallest absolute Gasteiger partial charge is 0.0738 e. The molecule has 1 atom stereocenters. The molecule has 1 N–H and O–H groups in total. The largest absolute Gasteiger partial charge is 0.309 e. The van der Waals surface area contributed by atoms with Crippen LogP contribution in [0.3, 0.4) is 0 Å². The van der Waals surface area contributed by atoms with Crippen LogP contribution in [0.15, 0.2) is 16.6 Å². The fourth-order valence-corrected chi connectivity index (χ4v) is 4.02. The second kappa shape index (κ2) is 7.56. The van der Waals surface area contributed by atoms with Crippen molar-refractivity contribution in [2.24, 2.45) is 0 Å². The van der Waals surface area contributed by atoms with E-state index in [1.54, 1.807) is 0 Å². The van der Waals surface area contributed by atoms with Crippen molar-refractivity contribution in [2.75, 3.05) is 6.54 Å². The maximum absolute atomic E-state index is 4.60. The lowest BCUT2D eigenvalue weighted by molar-refractivity contribution is 0.521. The van der Waals surface area contributed by atoms with Gasteiger partial charge in [0.25, 0.3) is 0 Å². The van der Waals surface area contributed by atoms with Crippen molar-refractivity contribution in [3.05, 3.63) is 37.7 Å². The van der Waals surface area contributed by atoms with E-state index >= 15 is 0 Å². The van der Waals surface area contributed by atoms with Crippen molar-refractivity contribution < 1.29 is 0 Å².